The number of furan rings is 1. The van der Waals surface area contributed by atoms with Gasteiger partial charge in [-0.25, -0.2) is 9.55 Å². The van der Waals surface area contributed by atoms with Crippen LogP contribution >= 0.6 is 11.3 Å². The van der Waals surface area contributed by atoms with Crippen molar-refractivity contribution in [3.63, 3.8) is 0 Å². The second-order valence-corrected chi connectivity index (χ2v) is 8.89. The third kappa shape index (κ3) is 4.23. The number of hydrogen-bond acceptors (Lipinski definition) is 7. The number of carbonyl (C=O) groups excluding carboxylic acids is 1. The van der Waals surface area contributed by atoms with E-state index >= 15 is 0 Å². The molecule has 170 valence electrons. The zero-order valence-corrected chi connectivity index (χ0v) is 19.0. The van der Waals surface area contributed by atoms with Crippen molar-refractivity contribution in [3.8, 4) is 11.4 Å². The van der Waals surface area contributed by atoms with E-state index in [0.717, 1.165) is 12.8 Å². The molecule has 0 bridgehead atoms. The Bertz CT molecular complexity index is 1330. The third-order valence-electron chi connectivity index (χ3n) is 5.87. The van der Waals surface area contributed by atoms with Gasteiger partial charge in [0.1, 0.15) is 16.2 Å². The Labute approximate surface area is 194 Å². The first-order valence-electron chi connectivity index (χ1n) is 10.8. The largest absolute Gasteiger partial charge is 0.497 e. The minimum atomic E-state index is -0.206. The molecule has 1 aliphatic rings. The van der Waals surface area contributed by atoms with Gasteiger partial charge in [-0.3, -0.25) is 9.59 Å². The molecule has 1 unspecified atom stereocenters. The zero-order valence-electron chi connectivity index (χ0n) is 18.2. The molecule has 8 nitrogen and oxygen atoms in total. The summed E-state index contributed by atoms with van der Waals surface area (Å²) in [4.78, 5) is 33.2. The van der Waals surface area contributed by atoms with Crippen LogP contribution in [-0.2, 0) is 11.3 Å². The van der Waals surface area contributed by atoms with Gasteiger partial charge >= 0.3 is 0 Å². The molecule has 1 amide bonds. The standard InChI is InChI=1S/C24H24N4O4S/c1-31-18-7-2-6-17(13-18)28-23(30)21-20(9-12-33-21)26-24(28)27-10-3-5-16(15-27)22(29)25-14-19-8-4-11-32-19/h2,4,6-9,11-13,16H,3,5,10,14-15H2,1H3,(H,25,29). The lowest BCUT2D eigenvalue weighted by molar-refractivity contribution is -0.125. The van der Waals surface area contributed by atoms with Gasteiger partial charge < -0.3 is 19.4 Å². The highest BCUT2D eigenvalue weighted by molar-refractivity contribution is 7.17. The SMILES string of the molecule is COc1cccc(-n2c(N3CCCC(C(=O)NCc4ccco4)C3)nc3ccsc3c2=O)c1. The molecule has 33 heavy (non-hydrogen) atoms. The molecule has 0 saturated carbocycles. The van der Waals surface area contributed by atoms with Crippen LogP contribution in [0.15, 0.2) is 63.3 Å². The molecule has 1 aromatic carbocycles. The highest BCUT2D eigenvalue weighted by atomic mass is 32.1. The van der Waals surface area contributed by atoms with E-state index < -0.39 is 0 Å². The van der Waals surface area contributed by atoms with Crippen LogP contribution in [0.4, 0.5) is 5.95 Å². The van der Waals surface area contributed by atoms with Crippen molar-refractivity contribution in [3.05, 3.63) is 70.2 Å². The first-order valence-corrected chi connectivity index (χ1v) is 11.7. The van der Waals surface area contributed by atoms with E-state index in [9.17, 15) is 9.59 Å². The van der Waals surface area contributed by atoms with Gasteiger partial charge in [-0.05, 0) is 48.6 Å². The van der Waals surface area contributed by atoms with E-state index in [2.05, 4.69) is 5.32 Å². The minimum absolute atomic E-state index is 0.0250. The Balaban J connectivity index is 1.48. The van der Waals surface area contributed by atoms with Crippen molar-refractivity contribution in [2.24, 2.45) is 5.92 Å². The van der Waals surface area contributed by atoms with Gasteiger partial charge in [-0.15, -0.1) is 11.3 Å². The highest BCUT2D eigenvalue weighted by Crippen LogP contribution is 2.27. The van der Waals surface area contributed by atoms with E-state index in [1.807, 2.05) is 46.7 Å². The molecular formula is C24H24N4O4S. The number of nitrogens with one attached hydrogen (secondary N) is 1. The summed E-state index contributed by atoms with van der Waals surface area (Å²) in [5, 5.41) is 4.84. The molecule has 0 aliphatic carbocycles. The van der Waals surface area contributed by atoms with Crippen LogP contribution in [0, 0.1) is 5.92 Å². The van der Waals surface area contributed by atoms with Crippen LogP contribution in [0.1, 0.15) is 18.6 Å². The number of hydrogen-bond donors (Lipinski definition) is 1. The first-order chi connectivity index (χ1) is 16.1. The number of anilines is 1. The molecule has 5 rings (SSSR count). The minimum Gasteiger partial charge on any atom is -0.497 e. The van der Waals surface area contributed by atoms with Crippen LogP contribution in [0.2, 0.25) is 0 Å². The maximum absolute atomic E-state index is 13.5. The van der Waals surface area contributed by atoms with E-state index in [-0.39, 0.29) is 17.4 Å². The molecule has 4 heterocycles. The molecule has 9 heteroatoms. The summed E-state index contributed by atoms with van der Waals surface area (Å²) >= 11 is 1.38. The van der Waals surface area contributed by atoms with E-state index in [4.69, 9.17) is 14.1 Å². The number of aromatic nitrogens is 2. The third-order valence-corrected chi connectivity index (χ3v) is 6.76. The number of nitrogens with zero attached hydrogens (tertiary/aromatic N) is 3. The lowest BCUT2D eigenvalue weighted by Crippen LogP contribution is -2.45. The van der Waals surface area contributed by atoms with Crippen LogP contribution in [0.25, 0.3) is 15.9 Å². The molecule has 1 aliphatic heterocycles. The number of piperidine rings is 1. The van der Waals surface area contributed by atoms with E-state index in [1.165, 1.54) is 11.3 Å². The highest BCUT2D eigenvalue weighted by Gasteiger charge is 2.29. The van der Waals surface area contributed by atoms with Crippen LogP contribution in [0.5, 0.6) is 5.75 Å². The van der Waals surface area contributed by atoms with Crippen LogP contribution in [-0.4, -0.2) is 35.7 Å². The number of fused-ring (bicyclic) bond motifs is 1. The van der Waals surface area contributed by atoms with Crippen molar-refractivity contribution in [1.82, 2.24) is 14.9 Å². The Kier molecular flexibility index (Phi) is 5.87. The summed E-state index contributed by atoms with van der Waals surface area (Å²) in [5.74, 6) is 1.69. The summed E-state index contributed by atoms with van der Waals surface area (Å²) in [6.07, 6.45) is 3.20. The smallest absolute Gasteiger partial charge is 0.277 e. The summed E-state index contributed by atoms with van der Waals surface area (Å²) in [6, 6.07) is 12.9. The number of carbonyl (C=O) groups is 1. The maximum Gasteiger partial charge on any atom is 0.277 e. The second kappa shape index (κ2) is 9.11. The van der Waals surface area contributed by atoms with Crippen molar-refractivity contribution in [2.45, 2.75) is 19.4 Å². The summed E-state index contributed by atoms with van der Waals surface area (Å²) in [6.45, 7) is 1.56. The molecule has 1 saturated heterocycles. The molecule has 0 spiro atoms. The van der Waals surface area contributed by atoms with E-state index in [0.29, 0.717) is 53.0 Å². The van der Waals surface area contributed by atoms with Gasteiger partial charge in [-0.1, -0.05) is 6.07 Å². The van der Waals surface area contributed by atoms with Gasteiger partial charge in [0.05, 0.1) is 37.0 Å². The summed E-state index contributed by atoms with van der Waals surface area (Å²) in [5.41, 5.74) is 1.23. The number of amides is 1. The number of thiophene rings is 1. The quantitative estimate of drug-likeness (QED) is 0.469. The molecule has 4 aromatic rings. The van der Waals surface area contributed by atoms with Gasteiger partial charge in [0.15, 0.2) is 0 Å². The Morgan fingerprint density at radius 3 is 3.03 bits per heavy atom. The van der Waals surface area contributed by atoms with Gasteiger partial charge in [-0.2, -0.15) is 0 Å². The van der Waals surface area contributed by atoms with Gasteiger partial charge in [0, 0.05) is 19.2 Å². The first kappa shape index (κ1) is 21.3. The molecule has 1 fully saturated rings. The zero-order chi connectivity index (χ0) is 22.8. The number of methoxy groups -OCH3 is 1. The topological polar surface area (TPSA) is 89.6 Å². The normalized spacial score (nSPS) is 16.2. The number of ether oxygens (including phenoxy) is 1. The monoisotopic (exact) mass is 464 g/mol. The lowest BCUT2D eigenvalue weighted by atomic mass is 9.97. The van der Waals surface area contributed by atoms with Gasteiger partial charge in [0.25, 0.3) is 5.56 Å². The predicted molar refractivity (Wildman–Crippen MR) is 127 cm³/mol. The Morgan fingerprint density at radius 2 is 2.21 bits per heavy atom. The van der Waals surface area contributed by atoms with E-state index in [1.54, 1.807) is 24.0 Å². The van der Waals surface area contributed by atoms with Crippen molar-refractivity contribution < 1.29 is 13.9 Å². The molecule has 1 N–H and O–H groups in total. The second-order valence-electron chi connectivity index (χ2n) is 7.97. The Hall–Kier alpha value is -3.59. The maximum atomic E-state index is 13.5. The van der Waals surface area contributed by atoms with Gasteiger partial charge in [0.2, 0.25) is 11.9 Å². The average Bonchev–Trinajstić information content (AvgIpc) is 3.55. The number of benzene rings is 1. The van der Waals surface area contributed by atoms with Crippen LogP contribution < -0.4 is 20.5 Å². The van der Waals surface area contributed by atoms with Crippen molar-refractivity contribution in [1.29, 1.82) is 0 Å². The fraction of sp³-hybridized carbons (Fsp3) is 0.292. The summed E-state index contributed by atoms with van der Waals surface area (Å²) in [7, 11) is 1.60. The predicted octanol–water partition coefficient (Wildman–Crippen LogP) is 3.58. The molecule has 0 radical (unpaired) electrons. The fourth-order valence-electron chi connectivity index (χ4n) is 4.20. The molecule has 1 atom stereocenters. The fourth-order valence-corrected chi connectivity index (χ4v) is 4.96. The molecule has 3 aromatic heterocycles. The van der Waals surface area contributed by atoms with Crippen LogP contribution in [0.3, 0.4) is 0 Å². The van der Waals surface area contributed by atoms with Crippen molar-refractivity contribution in [2.75, 3.05) is 25.1 Å². The number of rotatable bonds is 6. The summed E-state index contributed by atoms with van der Waals surface area (Å²) < 4.78 is 12.9. The van der Waals surface area contributed by atoms with Crippen molar-refractivity contribution >= 4 is 33.4 Å². The molecular weight excluding hydrogens is 440 g/mol. The lowest BCUT2D eigenvalue weighted by Gasteiger charge is -2.34. The Morgan fingerprint density at radius 1 is 1.30 bits per heavy atom. The average molecular weight is 465 g/mol.